The molecule has 1 aliphatic heterocycles. The highest BCUT2D eigenvalue weighted by atomic mass is 15.1. The van der Waals surface area contributed by atoms with E-state index in [0.29, 0.717) is 0 Å². The van der Waals surface area contributed by atoms with Gasteiger partial charge in [0.25, 0.3) is 0 Å². The van der Waals surface area contributed by atoms with Crippen molar-refractivity contribution in [3.05, 3.63) is 120 Å². The quantitative estimate of drug-likeness (QED) is 0.500. The summed E-state index contributed by atoms with van der Waals surface area (Å²) in [5, 5.41) is 3.44. The van der Waals surface area contributed by atoms with Gasteiger partial charge in [-0.1, -0.05) is 50.9 Å². The summed E-state index contributed by atoms with van der Waals surface area (Å²) in [7, 11) is 0. The molecule has 2 nitrogen and oxygen atoms in total. The fraction of sp³-hybridized carbons (Fsp3) is 0.172. The monoisotopic (exact) mass is 408 g/mol. The molecule has 0 saturated heterocycles. The van der Waals surface area contributed by atoms with Crippen molar-refractivity contribution in [1.29, 1.82) is 0 Å². The topological polar surface area (TPSA) is 15.3 Å². The number of nitrogens with one attached hydrogen (secondary N) is 1. The number of rotatable bonds is 7. The average molecular weight is 409 g/mol. The summed E-state index contributed by atoms with van der Waals surface area (Å²) in [4.78, 5) is 2.07. The molecule has 1 aliphatic rings. The number of hydrogen-bond acceptors (Lipinski definition) is 2. The van der Waals surface area contributed by atoms with E-state index < -0.39 is 0 Å². The number of benzene rings is 2. The van der Waals surface area contributed by atoms with E-state index in [9.17, 15) is 0 Å². The van der Waals surface area contributed by atoms with Crippen LogP contribution in [0.25, 0.3) is 17.3 Å². The zero-order valence-corrected chi connectivity index (χ0v) is 19.1. The lowest BCUT2D eigenvalue weighted by molar-refractivity contribution is 0.637. The fourth-order valence-electron chi connectivity index (χ4n) is 3.82. The van der Waals surface area contributed by atoms with Gasteiger partial charge in [-0.2, -0.15) is 0 Å². The summed E-state index contributed by atoms with van der Waals surface area (Å²) in [6.07, 6.45) is 11.2. The van der Waals surface area contributed by atoms with Crippen molar-refractivity contribution in [2.45, 2.75) is 34.1 Å². The van der Waals surface area contributed by atoms with E-state index >= 15 is 0 Å². The van der Waals surface area contributed by atoms with Crippen LogP contribution in [0.15, 0.2) is 92.0 Å². The molecule has 0 aliphatic carbocycles. The summed E-state index contributed by atoms with van der Waals surface area (Å²) in [5.74, 6) is 0. The number of allylic oxidation sites excluding steroid dienone is 4. The van der Waals surface area contributed by atoms with E-state index in [1.165, 1.54) is 33.4 Å². The Morgan fingerprint density at radius 2 is 1.81 bits per heavy atom. The predicted molar refractivity (Wildman–Crippen MR) is 137 cm³/mol. The highest BCUT2D eigenvalue weighted by Gasteiger charge is 2.09. The Balaban J connectivity index is 1.74. The van der Waals surface area contributed by atoms with Crippen LogP contribution in [-0.4, -0.2) is 4.90 Å². The molecule has 3 rings (SSSR count). The van der Waals surface area contributed by atoms with Gasteiger partial charge in [-0.25, -0.2) is 0 Å². The van der Waals surface area contributed by atoms with Gasteiger partial charge in [-0.15, -0.1) is 0 Å². The molecule has 0 aromatic heterocycles. The van der Waals surface area contributed by atoms with Gasteiger partial charge in [0, 0.05) is 29.5 Å². The molecule has 0 fully saturated rings. The van der Waals surface area contributed by atoms with Gasteiger partial charge < -0.3 is 10.2 Å². The van der Waals surface area contributed by atoms with Gasteiger partial charge in [-0.05, 0) is 96.5 Å². The number of hydrogen-bond donors (Lipinski definition) is 1. The minimum atomic E-state index is 0.880. The Hall–Kier alpha value is -3.52. The molecule has 0 radical (unpaired) electrons. The third kappa shape index (κ3) is 4.97. The molecule has 1 heterocycles. The number of anilines is 1. The van der Waals surface area contributed by atoms with Crippen LogP contribution >= 0.6 is 0 Å². The molecule has 0 unspecified atom stereocenters. The molecule has 0 bridgehead atoms. The van der Waals surface area contributed by atoms with Gasteiger partial charge in [0.05, 0.1) is 0 Å². The SMILES string of the molecule is C=Cc1cc(C(=C)Nc2ccc(/C(C)=C/N3C=CC=C(C)C3=C)cc2)cc(C)c1CC. The minimum absolute atomic E-state index is 0.880. The summed E-state index contributed by atoms with van der Waals surface area (Å²) in [5.41, 5.74) is 11.3. The van der Waals surface area contributed by atoms with Gasteiger partial charge in [-0.3, -0.25) is 0 Å². The van der Waals surface area contributed by atoms with Gasteiger partial charge >= 0.3 is 0 Å². The van der Waals surface area contributed by atoms with Crippen molar-refractivity contribution in [3.63, 3.8) is 0 Å². The van der Waals surface area contributed by atoms with E-state index in [1.54, 1.807) is 0 Å². The number of aryl methyl sites for hydroxylation is 1. The second-order valence-corrected chi connectivity index (χ2v) is 7.96. The van der Waals surface area contributed by atoms with Crippen LogP contribution in [0.4, 0.5) is 5.69 Å². The Morgan fingerprint density at radius 3 is 2.45 bits per heavy atom. The van der Waals surface area contributed by atoms with E-state index in [1.807, 2.05) is 18.4 Å². The first-order valence-corrected chi connectivity index (χ1v) is 10.7. The summed E-state index contributed by atoms with van der Waals surface area (Å²) >= 11 is 0. The van der Waals surface area contributed by atoms with Crippen LogP contribution in [0.3, 0.4) is 0 Å². The standard InChI is InChI=1S/C29H32N2/c1-8-25-18-27(17-21(4)29(25)9-2)23(6)30-28-14-12-26(13-15-28)22(5)19-31-16-10-11-20(3)24(31)7/h8,10-19,30H,1,6-7,9H2,2-5H3/b22-19+. The molecule has 158 valence electrons. The van der Waals surface area contributed by atoms with Gasteiger partial charge in [0.1, 0.15) is 0 Å². The Bertz CT molecular complexity index is 1110. The van der Waals surface area contributed by atoms with Crippen molar-refractivity contribution in [2.24, 2.45) is 0 Å². The summed E-state index contributed by atoms with van der Waals surface area (Å²) in [6, 6.07) is 12.8. The zero-order valence-electron chi connectivity index (χ0n) is 19.1. The van der Waals surface area contributed by atoms with Crippen molar-refractivity contribution in [1.82, 2.24) is 4.90 Å². The Kier molecular flexibility index (Phi) is 6.81. The second-order valence-electron chi connectivity index (χ2n) is 7.96. The first kappa shape index (κ1) is 22.2. The zero-order chi connectivity index (χ0) is 22.5. The van der Waals surface area contributed by atoms with Crippen molar-refractivity contribution < 1.29 is 0 Å². The van der Waals surface area contributed by atoms with Crippen LogP contribution in [-0.2, 0) is 6.42 Å². The average Bonchev–Trinajstić information content (AvgIpc) is 2.76. The molecular weight excluding hydrogens is 376 g/mol. The van der Waals surface area contributed by atoms with Gasteiger partial charge in [0.2, 0.25) is 0 Å². The molecule has 0 saturated carbocycles. The third-order valence-electron chi connectivity index (χ3n) is 5.76. The van der Waals surface area contributed by atoms with Crippen molar-refractivity contribution >= 4 is 23.0 Å². The molecule has 1 N–H and O–H groups in total. The maximum atomic E-state index is 4.26. The predicted octanol–water partition coefficient (Wildman–Crippen LogP) is 7.93. The fourth-order valence-corrected chi connectivity index (χ4v) is 3.82. The summed E-state index contributed by atoms with van der Waals surface area (Å²) in [6.45, 7) is 20.9. The van der Waals surface area contributed by atoms with Gasteiger partial charge in [0.15, 0.2) is 0 Å². The molecule has 0 amide bonds. The first-order valence-electron chi connectivity index (χ1n) is 10.7. The molecular formula is C29H32N2. The van der Waals surface area contributed by atoms with Crippen molar-refractivity contribution in [2.75, 3.05) is 5.32 Å². The van der Waals surface area contributed by atoms with Crippen LogP contribution in [0.5, 0.6) is 0 Å². The largest absolute Gasteiger partial charge is 0.356 e. The molecule has 2 aromatic carbocycles. The maximum absolute atomic E-state index is 4.26. The minimum Gasteiger partial charge on any atom is -0.356 e. The van der Waals surface area contributed by atoms with Crippen LogP contribution < -0.4 is 5.32 Å². The highest BCUT2D eigenvalue weighted by Crippen LogP contribution is 2.26. The van der Waals surface area contributed by atoms with Crippen LogP contribution in [0.1, 0.15) is 48.6 Å². The van der Waals surface area contributed by atoms with Crippen LogP contribution in [0.2, 0.25) is 0 Å². The lowest BCUT2D eigenvalue weighted by atomic mass is 9.95. The molecule has 2 heteroatoms. The third-order valence-corrected chi connectivity index (χ3v) is 5.76. The molecule has 31 heavy (non-hydrogen) atoms. The normalized spacial score (nSPS) is 13.8. The van der Waals surface area contributed by atoms with E-state index in [2.05, 4.69) is 106 Å². The summed E-state index contributed by atoms with van der Waals surface area (Å²) < 4.78 is 0. The Labute approximate surface area is 187 Å². The van der Waals surface area contributed by atoms with E-state index in [0.717, 1.165) is 29.1 Å². The lowest BCUT2D eigenvalue weighted by Crippen LogP contribution is -2.12. The molecule has 2 aromatic rings. The molecule has 0 atom stereocenters. The second kappa shape index (κ2) is 9.53. The molecule has 0 spiro atoms. The van der Waals surface area contributed by atoms with Crippen molar-refractivity contribution in [3.8, 4) is 0 Å². The lowest BCUT2D eigenvalue weighted by Gasteiger charge is -2.23. The van der Waals surface area contributed by atoms with E-state index in [4.69, 9.17) is 0 Å². The Morgan fingerprint density at radius 1 is 1.10 bits per heavy atom. The first-order chi connectivity index (χ1) is 14.8. The van der Waals surface area contributed by atoms with Crippen LogP contribution in [0, 0.1) is 6.92 Å². The smallest absolute Gasteiger partial charge is 0.0406 e. The number of nitrogens with zero attached hydrogens (tertiary/aromatic N) is 1. The highest BCUT2D eigenvalue weighted by molar-refractivity contribution is 5.78. The maximum Gasteiger partial charge on any atom is 0.0406 e. The van der Waals surface area contributed by atoms with E-state index in [-0.39, 0.29) is 0 Å².